The summed E-state index contributed by atoms with van der Waals surface area (Å²) in [5.74, 6) is 5.96. The van der Waals surface area contributed by atoms with Gasteiger partial charge in [-0.2, -0.15) is 5.26 Å². The van der Waals surface area contributed by atoms with Gasteiger partial charge in [0.2, 0.25) is 0 Å². The minimum Gasteiger partial charge on any atom is -0.501 e. The highest BCUT2D eigenvalue weighted by molar-refractivity contribution is 5.34. The highest BCUT2D eigenvalue weighted by Gasteiger charge is 2.76. The van der Waals surface area contributed by atoms with Crippen LogP contribution in [-0.4, -0.2) is 7.11 Å². The van der Waals surface area contributed by atoms with Crippen molar-refractivity contribution in [2.24, 2.45) is 46.3 Å². The van der Waals surface area contributed by atoms with Crippen LogP contribution in [0.15, 0.2) is 23.5 Å². The summed E-state index contributed by atoms with van der Waals surface area (Å²) in [6.07, 6.45) is 14.8. The van der Waals surface area contributed by atoms with Crippen LogP contribution in [0.1, 0.15) is 65.2 Å². The minimum absolute atomic E-state index is 0.0261. The average molecular weight is 352 g/mol. The van der Waals surface area contributed by atoms with E-state index < -0.39 is 0 Å². The maximum Gasteiger partial charge on any atom is 0.0958 e. The van der Waals surface area contributed by atoms with E-state index in [0.717, 1.165) is 42.4 Å². The lowest BCUT2D eigenvalue weighted by Crippen LogP contribution is -2.52. The Kier molecular flexibility index (Phi) is 3.66. The van der Waals surface area contributed by atoms with Crippen molar-refractivity contribution >= 4 is 0 Å². The van der Waals surface area contributed by atoms with Crippen molar-refractivity contribution in [2.45, 2.75) is 65.2 Å². The number of hydrogen-bond donors (Lipinski definition) is 0. The van der Waals surface area contributed by atoms with Crippen LogP contribution in [0.2, 0.25) is 0 Å². The lowest BCUT2D eigenvalue weighted by Gasteiger charge is -2.57. The van der Waals surface area contributed by atoms with Gasteiger partial charge in [-0.15, -0.1) is 0 Å². The summed E-state index contributed by atoms with van der Waals surface area (Å²) >= 11 is 0. The third kappa shape index (κ3) is 1.83. The third-order valence-corrected chi connectivity index (χ3v) is 9.65. The van der Waals surface area contributed by atoms with Crippen molar-refractivity contribution in [2.75, 3.05) is 7.11 Å². The second-order valence-corrected chi connectivity index (χ2v) is 9.74. The number of methoxy groups -OCH3 is 1. The van der Waals surface area contributed by atoms with E-state index in [2.05, 4.69) is 32.1 Å². The van der Waals surface area contributed by atoms with Crippen molar-refractivity contribution in [3.63, 3.8) is 0 Å². The van der Waals surface area contributed by atoms with Crippen LogP contribution in [-0.2, 0) is 4.74 Å². The fourth-order valence-corrected chi connectivity index (χ4v) is 8.65. The molecule has 0 saturated heterocycles. The monoisotopic (exact) mass is 351 g/mol. The molecule has 8 atom stereocenters. The molecule has 140 valence electrons. The summed E-state index contributed by atoms with van der Waals surface area (Å²) in [5.41, 5.74) is 1.84. The van der Waals surface area contributed by atoms with Gasteiger partial charge >= 0.3 is 0 Å². The summed E-state index contributed by atoms with van der Waals surface area (Å²) in [7, 11) is 1.81. The number of nitriles is 1. The Bertz CT molecular complexity index is 714. The summed E-state index contributed by atoms with van der Waals surface area (Å²) < 4.78 is 5.54. The van der Waals surface area contributed by atoms with Crippen LogP contribution in [0.3, 0.4) is 0 Å². The molecule has 2 heteroatoms. The molecule has 0 N–H and O–H groups in total. The number of hydrogen-bond acceptors (Lipinski definition) is 2. The summed E-state index contributed by atoms with van der Waals surface area (Å²) in [6.45, 7) is 4.68. The van der Waals surface area contributed by atoms with Gasteiger partial charge in [0.15, 0.2) is 0 Å². The van der Waals surface area contributed by atoms with Gasteiger partial charge in [-0.05, 0) is 97.5 Å². The first kappa shape index (κ1) is 16.9. The molecule has 5 rings (SSSR count). The molecule has 0 bridgehead atoms. The fraction of sp³-hybridized carbons (Fsp3) is 0.792. The van der Waals surface area contributed by atoms with Gasteiger partial charge < -0.3 is 4.74 Å². The Morgan fingerprint density at radius 3 is 2.73 bits per heavy atom. The maximum atomic E-state index is 10.3. The fourth-order valence-electron chi connectivity index (χ4n) is 8.65. The summed E-state index contributed by atoms with van der Waals surface area (Å²) in [5, 5.41) is 10.3. The van der Waals surface area contributed by atoms with Crippen LogP contribution >= 0.6 is 0 Å². The van der Waals surface area contributed by atoms with Crippen molar-refractivity contribution in [3.8, 4) is 6.07 Å². The second kappa shape index (κ2) is 5.63. The van der Waals surface area contributed by atoms with Crippen LogP contribution < -0.4 is 0 Å². The molecule has 0 unspecified atom stereocenters. The molecule has 0 amide bonds. The van der Waals surface area contributed by atoms with E-state index in [-0.39, 0.29) is 5.41 Å². The van der Waals surface area contributed by atoms with Gasteiger partial charge in [-0.1, -0.05) is 19.9 Å². The Balaban J connectivity index is 1.53. The molecule has 0 aromatic carbocycles. The van der Waals surface area contributed by atoms with E-state index in [1.807, 2.05) is 7.11 Å². The topological polar surface area (TPSA) is 33.0 Å². The van der Waals surface area contributed by atoms with E-state index in [1.165, 1.54) is 44.3 Å². The summed E-state index contributed by atoms with van der Waals surface area (Å²) in [6, 6.07) is 2.93. The Labute approximate surface area is 158 Å². The number of allylic oxidation sites excluding steroid dienone is 4. The van der Waals surface area contributed by atoms with Crippen molar-refractivity contribution in [1.29, 1.82) is 5.26 Å². The molecule has 5 aliphatic rings. The SMILES string of the molecule is CC[C@]12CC[C@H]3[C@@H](CC=C4C=C(OC)CC[C@@H]43)[C@@H]1[C@@H]1C[C@@H]1[C@@]2(C#N)CC. The quantitative estimate of drug-likeness (QED) is 0.637. The molecule has 0 heterocycles. The normalized spacial score (nSPS) is 51.0. The standard InChI is InChI=1S/C24H33NO/c1-4-23-11-10-18-17-9-7-16(26-3)12-15(17)6-8-19(18)22(23)20-13-21(20)24(23,5-2)14-25/h6,12,17-22H,4-5,7-11,13H2,1-3H3/t17-,18+,19+,20+,21-,22+,23-,24-/m0/s1. The van der Waals surface area contributed by atoms with Crippen LogP contribution in [0, 0.1) is 57.7 Å². The van der Waals surface area contributed by atoms with E-state index >= 15 is 0 Å². The molecule has 0 aliphatic heterocycles. The predicted octanol–water partition coefficient (Wildman–Crippen LogP) is 5.87. The Hall–Kier alpha value is -1.23. The predicted molar refractivity (Wildman–Crippen MR) is 103 cm³/mol. The minimum atomic E-state index is -0.0261. The second-order valence-electron chi connectivity index (χ2n) is 9.74. The molecule has 3 fully saturated rings. The Morgan fingerprint density at radius 2 is 2.04 bits per heavy atom. The van der Waals surface area contributed by atoms with E-state index in [0.29, 0.717) is 11.3 Å². The molecular weight excluding hydrogens is 318 g/mol. The molecule has 0 aromatic rings. The van der Waals surface area contributed by atoms with Crippen molar-refractivity contribution < 1.29 is 4.74 Å². The first-order valence-electron chi connectivity index (χ1n) is 11.0. The molecule has 5 aliphatic carbocycles. The average Bonchev–Trinajstić information content (AvgIpc) is 3.44. The van der Waals surface area contributed by atoms with Crippen molar-refractivity contribution in [1.82, 2.24) is 0 Å². The van der Waals surface area contributed by atoms with Gasteiger partial charge in [0.05, 0.1) is 24.4 Å². The highest BCUT2D eigenvalue weighted by Crippen LogP contribution is 2.80. The third-order valence-electron chi connectivity index (χ3n) is 9.65. The molecule has 2 nitrogen and oxygen atoms in total. The first-order chi connectivity index (χ1) is 12.7. The molecular formula is C24H33NO. The van der Waals surface area contributed by atoms with Crippen molar-refractivity contribution in [3.05, 3.63) is 23.5 Å². The largest absolute Gasteiger partial charge is 0.501 e. The highest BCUT2D eigenvalue weighted by atomic mass is 16.5. The number of nitrogens with zero attached hydrogens (tertiary/aromatic N) is 1. The number of ether oxygens (including phenoxy) is 1. The van der Waals surface area contributed by atoms with Gasteiger partial charge in [0.25, 0.3) is 0 Å². The number of fused-ring (bicyclic) bond motifs is 7. The molecule has 0 aromatic heterocycles. The van der Waals surface area contributed by atoms with Gasteiger partial charge in [0.1, 0.15) is 0 Å². The zero-order valence-electron chi connectivity index (χ0n) is 16.6. The lowest BCUT2D eigenvalue weighted by atomic mass is 9.46. The van der Waals surface area contributed by atoms with Crippen LogP contribution in [0.25, 0.3) is 0 Å². The van der Waals surface area contributed by atoms with E-state index in [4.69, 9.17) is 4.74 Å². The van der Waals surface area contributed by atoms with E-state index in [1.54, 1.807) is 5.57 Å². The smallest absolute Gasteiger partial charge is 0.0958 e. The first-order valence-corrected chi connectivity index (χ1v) is 11.0. The van der Waals surface area contributed by atoms with Gasteiger partial charge in [-0.3, -0.25) is 0 Å². The number of rotatable bonds is 3. The molecule has 26 heavy (non-hydrogen) atoms. The molecule has 0 radical (unpaired) electrons. The van der Waals surface area contributed by atoms with Crippen LogP contribution in [0.4, 0.5) is 0 Å². The lowest BCUT2D eigenvalue weighted by molar-refractivity contribution is -0.0702. The Morgan fingerprint density at radius 1 is 1.19 bits per heavy atom. The van der Waals surface area contributed by atoms with Gasteiger partial charge in [-0.25, -0.2) is 0 Å². The summed E-state index contributed by atoms with van der Waals surface area (Å²) in [4.78, 5) is 0. The zero-order valence-corrected chi connectivity index (χ0v) is 16.6. The zero-order chi connectivity index (χ0) is 18.1. The maximum absolute atomic E-state index is 10.3. The van der Waals surface area contributed by atoms with Crippen LogP contribution in [0.5, 0.6) is 0 Å². The van der Waals surface area contributed by atoms with Gasteiger partial charge in [0, 0.05) is 6.42 Å². The van der Waals surface area contributed by atoms with E-state index in [9.17, 15) is 5.26 Å². The molecule has 0 spiro atoms. The molecule has 3 saturated carbocycles.